The van der Waals surface area contributed by atoms with Crippen LogP contribution in [0.25, 0.3) is 0 Å². The first kappa shape index (κ1) is 15.7. The zero-order chi connectivity index (χ0) is 14.8. The molecule has 1 aliphatic heterocycles. The van der Waals surface area contributed by atoms with E-state index in [-0.39, 0.29) is 17.9 Å². The minimum Gasteiger partial charge on any atom is -0.342 e. The molecule has 1 saturated carbocycles. The molecule has 2 aliphatic rings. The second-order valence-electron chi connectivity index (χ2n) is 5.71. The van der Waals surface area contributed by atoms with Crippen molar-refractivity contribution in [2.75, 3.05) is 18.1 Å². The van der Waals surface area contributed by atoms with Gasteiger partial charge in [0.25, 0.3) is 0 Å². The maximum absolute atomic E-state index is 12.8. The smallest absolute Gasteiger partial charge is 0.246 e. The van der Waals surface area contributed by atoms with E-state index in [0.29, 0.717) is 25.3 Å². The average molecular weight is 298 g/mol. The van der Waals surface area contributed by atoms with Gasteiger partial charge in [-0.25, -0.2) is 0 Å². The van der Waals surface area contributed by atoms with E-state index in [0.717, 1.165) is 24.3 Å². The maximum atomic E-state index is 12.8. The van der Waals surface area contributed by atoms with Crippen LogP contribution in [0, 0.1) is 5.92 Å². The molecule has 5 heteroatoms. The second-order valence-corrected chi connectivity index (χ2v) is 7.11. The average Bonchev–Trinajstić information content (AvgIpc) is 3.27. The summed E-state index contributed by atoms with van der Waals surface area (Å²) < 4.78 is 0. The molecule has 0 aromatic heterocycles. The third kappa shape index (κ3) is 2.69. The van der Waals surface area contributed by atoms with Gasteiger partial charge in [0.2, 0.25) is 11.8 Å². The zero-order valence-electron chi connectivity index (χ0n) is 12.8. The highest BCUT2D eigenvalue weighted by atomic mass is 32.2. The van der Waals surface area contributed by atoms with Crippen LogP contribution in [-0.4, -0.2) is 46.3 Å². The Bertz CT molecular complexity index is 378. The fraction of sp³-hybridized carbons (Fsp3) is 0.867. The van der Waals surface area contributed by atoms with Crippen LogP contribution in [0.1, 0.15) is 46.5 Å². The molecule has 1 saturated heterocycles. The van der Waals surface area contributed by atoms with Gasteiger partial charge < -0.3 is 10.2 Å². The van der Waals surface area contributed by atoms with Crippen molar-refractivity contribution in [3.05, 3.63) is 0 Å². The summed E-state index contributed by atoms with van der Waals surface area (Å²) in [5, 5.41) is 3.00. The predicted molar refractivity (Wildman–Crippen MR) is 82.7 cm³/mol. The molecule has 1 atom stereocenters. The van der Waals surface area contributed by atoms with Gasteiger partial charge in [0.15, 0.2) is 0 Å². The van der Waals surface area contributed by atoms with Crippen LogP contribution < -0.4 is 5.32 Å². The highest BCUT2D eigenvalue weighted by Crippen LogP contribution is 2.38. The highest BCUT2D eigenvalue weighted by Gasteiger charge is 2.53. The van der Waals surface area contributed by atoms with Crippen molar-refractivity contribution in [3.8, 4) is 0 Å². The van der Waals surface area contributed by atoms with E-state index >= 15 is 0 Å². The predicted octanol–water partition coefficient (Wildman–Crippen LogP) is 2.04. The van der Waals surface area contributed by atoms with Gasteiger partial charge in [-0.05, 0) is 37.4 Å². The third-order valence-corrected chi connectivity index (χ3v) is 5.56. The van der Waals surface area contributed by atoms with Crippen molar-refractivity contribution in [2.45, 2.75) is 58.0 Å². The Morgan fingerprint density at radius 3 is 2.40 bits per heavy atom. The van der Waals surface area contributed by atoms with Gasteiger partial charge in [-0.2, -0.15) is 11.8 Å². The van der Waals surface area contributed by atoms with E-state index in [4.69, 9.17) is 0 Å². The van der Waals surface area contributed by atoms with Gasteiger partial charge in [0.1, 0.15) is 11.6 Å². The maximum Gasteiger partial charge on any atom is 0.246 e. The minimum atomic E-state index is -0.628. The first-order chi connectivity index (χ1) is 9.60. The monoisotopic (exact) mass is 298 g/mol. The van der Waals surface area contributed by atoms with Gasteiger partial charge in [-0.3, -0.25) is 9.59 Å². The standard InChI is InChI=1S/C15H26N2O2S/c1-4-15(5-2)14(19)16-12(11-7-8-11)13(18)17(15)9-10-20-6-3/h11-12H,4-10H2,1-3H3,(H,16,19). The summed E-state index contributed by atoms with van der Waals surface area (Å²) in [5.41, 5.74) is -0.628. The third-order valence-electron chi connectivity index (χ3n) is 4.68. The quantitative estimate of drug-likeness (QED) is 0.732. The lowest BCUT2D eigenvalue weighted by molar-refractivity contribution is -0.158. The molecule has 0 aromatic rings. The Morgan fingerprint density at radius 2 is 1.90 bits per heavy atom. The van der Waals surface area contributed by atoms with Crippen molar-refractivity contribution >= 4 is 23.6 Å². The summed E-state index contributed by atoms with van der Waals surface area (Å²) in [6.45, 7) is 6.83. The van der Waals surface area contributed by atoms with Crippen molar-refractivity contribution in [1.29, 1.82) is 0 Å². The Hall–Kier alpha value is -0.710. The molecular formula is C15H26N2O2S. The first-order valence-corrected chi connectivity index (χ1v) is 8.96. The molecule has 0 bridgehead atoms. The first-order valence-electron chi connectivity index (χ1n) is 7.80. The Kier molecular flexibility index (Phi) is 4.99. The van der Waals surface area contributed by atoms with Gasteiger partial charge in [0, 0.05) is 12.3 Å². The Morgan fingerprint density at radius 1 is 1.25 bits per heavy atom. The lowest BCUT2D eigenvalue weighted by atomic mass is 9.85. The zero-order valence-corrected chi connectivity index (χ0v) is 13.6. The number of piperazine rings is 1. The molecule has 0 radical (unpaired) electrons. The fourth-order valence-corrected chi connectivity index (χ4v) is 3.77. The molecule has 2 rings (SSSR count). The molecule has 4 nitrogen and oxygen atoms in total. The Labute approximate surface area is 126 Å². The molecule has 114 valence electrons. The highest BCUT2D eigenvalue weighted by molar-refractivity contribution is 7.99. The molecule has 1 unspecified atom stereocenters. The number of thioether (sulfide) groups is 1. The summed E-state index contributed by atoms with van der Waals surface area (Å²) >= 11 is 1.83. The van der Waals surface area contributed by atoms with E-state index < -0.39 is 5.54 Å². The van der Waals surface area contributed by atoms with Gasteiger partial charge in [0.05, 0.1) is 0 Å². The summed E-state index contributed by atoms with van der Waals surface area (Å²) in [6.07, 6.45) is 3.52. The molecule has 1 aliphatic carbocycles. The lowest BCUT2D eigenvalue weighted by Gasteiger charge is -2.47. The molecular weight excluding hydrogens is 272 g/mol. The van der Waals surface area contributed by atoms with Gasteiger partial charge >= 0.3 is 0 Å². The van der Waals surface area contributed by atoms with Crippen LogP contribution in [0.2, 0.25) is 0 Å². The molecule has 1 N–H and O–H groups in total. The fourth-order valence-electron chi connectivity index (χ4n) is 3.16. The van der Waals surface area contributed by atoms with Crippen LogP contribution in [0.4, 0.5) is 0 Å². The van der Waals surface area contributed by atoms with Crippen molar-refractivity contribution < 1.29 is 9.59 Å². The second kappa shape index (κ2) is 6.37. The molecule has 20 heavy (non-hydrogen) atoms. The van der Waals surface area contributed by atoms with Crippen LogP contribution in [0.15, 0.2) is 0 Å². The molecule has 0 aromatic carbocycles. The van der Waals surface area contributed by atoms with Crippen molar-refractivity contribution in [2.24, 2.45) is 5.92 Å². The van der Waals surface area contributed by atoms with Gasteiger partial charge in [-0.1, -0.05) is 20.8 Å². The number of carbonyl (C=O) groups is 2. The molecule has 2 amide bonds. The van der Waals surface area contributed by atoms with E-state index in [9.17, 15) is 9.59 Å². The number of hydrogen-bond donors (Lipinski definition) is 1. The van der Waals surface area contributed by atoms with E-state index in [2.05, 4.69) is 12.2 Å². The number of nitrogens with zero attached hydrogens (tertiary/aromatic N) is 1. The van der Waals surface area contributed by atoms with Gasteiger partial charge in [-0.15, -0.1) is 0 Å². The summed E-state index contributed by atoms with van der Waals surface area (Å²) in [6, 6.07) is -0.264. The number of nitrogens with one attached hydrogen (secondary N) is 1. The topological polar surface area (TPSA) is 49.4 Å². The van der Waals surface area contributed by atoms with E-state index in [1.165, 1.54) is 0 Å². The van der Waals surface area contributed by atoms with E-state index in [1.54, 1.807) is 0 Å². The van der Waals surface area contributed by atoms with Crippen molar-refractivity contribution in [1.82, 2.24) is 10.2 Å². The normalized spacial score (nSPS) is 25.8. The number of hydrogen-bond acceptors (Lipinski definition) is 3. The van der Waals surface area contributed by atoms with Crippen LogP contribution in [-0.2, 0) is 9.59 Å². The Balaban J connectivity index is 2.20. The summed E-state index contributed by atoms with van der Waals surface area (Å²) in [4.78, 5) is 27.3. The number of rotatable bonds is 7. The largest absolute Gasteiger partial charge is 0.342 e. The summed E-state index contributed by atoms with van der Waals surface area (Å²) in [5.74, 6) is 2.53. The lowest BCUT2D eigenvalue weighted by Crippen LogP contribution is -2.71. The minimum absolute atomic E-state index is 0.0560. The van der Waals surface area contributed by atoms with E-state index in [1.807, 2.05) is 30.5 Å². The van der Waals surface area contributed by atoms with Crippen molar-refractivity contribution in [3.63, 3.8) is 0 Å². The molecule has 2 fully saturated rings. The van der Waals surface area contributed by atoms with Crippen LogP contribution in [0.3, 0.4) is 0 Å². The summed E-state index contributed by atoms with van der Waals surface area (Å²) in [7, 11) is 0. The number of amides is 2. The SMILES string of the molecule is CCSCCN1C(=O)C(C2CC2)NC(=O)C1(CC)CC. The van der Waals surface area contributed by atoms with Crippen LogP contribution >= 0.6 is 11.8 Å². The molecule has 0 spiro atoms. The van der Waals surface area contributed by atoms with Crippen LogP contribution in [0.5, 0.6) is 0 Å². The number of carbonyl (C=O) groups excluding carboxylic acids is 2. The molecule has 1 heterocycles.